The summed E-state index contributed by atoms with van der Waals surface area (Å²) in [4.78, 5) is 0.0859. The molecule has 4 N–H and O–H groups in total. The number of aromatic amines is 1. The minimum Gasteiger partial charge on any atom is -0.497 e. The number of sulfonamides is 1. The zero-order valence-corrected chi connectivity index (χ0v) is 11.3. The largest absolute Gasteiger partial charge is 0.497 e. The van der Waals surface area contributed by atoms with Crippen molar-refractivity contribution in [2.75, 3.05) is 17.6 Å². The number of rotatable bonds is 4. The van der Waals surface area contributed by atoms with Crippen molar-refractivity contribution in [3.63, 3.8) is 0 Å². The van der Waals surface area contributed by atoms with E-state index in [1.807, 2.05) is 0 Å². The molecule has 0 radical (unpaired) electrons. The van der Waals surface area contributed by atoms with Crippen LogP contribution in [-0.2, 0) is 10.0 Å². The number of methoxy groups -OCH3 is 1. The van der Waals surface area contributed by atoms with Crippen molar-refractivity contribution in [2.45, 2.75) is 11.8 Å². The molecule has 0 aliphatic carbocycles. The molecule has 0 atom stereocenters. The molecule has 0 amide bonds. The Morgan fingerprint density at radius 3 is 2.68 bits per heavy atom. The lowest BCUT2D eigenvalue weighted by Crippen LogP contribution is -2.14. The molecule has 2 rings (SSSR count). The molecule has 2 aromatic rings. The predicted molar refractivity (Wildman–Crippen MR) is 71.5 cm³/mol. The third-order valence-electron chi connectivity index (χ3n) is 2.58. The first kappa shape index (κ1) is 13.2. The highest BCUT2D eigenvalue weighted by Crippen LogP contribution is 2.26. The van der Waals surface area contributed by atoms with Crippen LogP contribution in [0.3, 0.4) is 0 Å². The van der Waals surface area contributed by atoms with E-state index in [-0.39, 0.29) is 10.6 Å². The van der Waals surface area contributed by atoms with Crippen LogP contribution in [-0.4, -0.2) is 25.7 Å². The average Bonchev–Trinajstić information content (AvgIpc) is 2.79. The van der Waals surface area contributed by atoms with Crippen LogP contribution < -0.4 is 15.2 Å². The minimum atomic E-state index is -3.71. The van der Waals surface area contributed by atoms with Gasteiger partial charge in [-0.15, -0.1) is 0 Å². The Balaban J connectivity index is 2.34. The number of hydrogen-bond donors (Lipinski definition) is 3. The molecular formula is C11H14N4O3S. The monoisotopic (exact) mass is 282 g/mol. The van der Waals surface area contributed by atoms with Gasteiger partial charge in [0.15, 0.2) is 0 Å². The van der Waals surface area contributed by atoms with Gasteiger partial charge in [0.25, 0.3) is 10.0 Å². The normalized spacial score (nSPS) is 11.3. The quantitative estimate of drug-likeness (QED) is 0.728. The van der Waals surface area contributed by atoms with E-state index in [0.717, 1.165) is 0 Å². The average molecular weight is 282 g/mol. The molecule has 0 fully saturated rings. The first-order chi connectivity index (χ1) is 8.94. The summed E-state index contributed by atoms with van der Waals surface area (Å²) in [7, 11) is -2.20. The fourth-order valence-electron chi connectivity index (χ4n) is 1.57. The fourth-order valence-corrected chi connectivity index (χ4v) is 2.80. The second-order valence-corrected chi connectivity index (χ2v) is 5.57. The van der Waals surface area contributed by atoms with Crippen LogP contribution in [0, 0.1) is 6.92 Å². The lowest BCUT2D eigenvalue weighted by molar-refractivity contribution is 0.415. The zero-order chi connectivity index (χ0) is 14.0. The molecule has 102 valence electrons. The highest BCUT2D eigenvalue weighted by Gasteiger charge is 2.19. The fraction of sp³-hybridized carbons (Fsp3) is 0.182. The van der Waals surface area contributed by atoms with Crippen molar-refractivity contribution >= 4 is 21.4 Å². The first-order valence-corrected chi connectivity index (χ1v) is 6.88. The summed E-state index contributed by atoms with van der Waals surface area (Å²) in [6, 6.07) is 4.71. The number of benzene rings is 1. The van der Waals surface area contributed by atoms with E-state index in [2.05, 4.69) is 14.9 Å². The molecule has 0 bridgehead atoms. The molecular weight excluding hydrogens is 268 g/mol. The Morgan fingerprint density at radius 1 is 1.42 bits per heavy atom. The number of nitrogens with two attached hydrogens (primary N) is 1. The molecule has 0 unspecified atom stereocenters. The number of aryl methyl sites for hydroxylation is 1. The molecule has 0 saturated carbocycles. The summed E-state index contributed by atoms with van der Waals surface area (Å²) in [6.07, 6.45) is 1.25. The lowest BCUT2D eigenvalue weighted by Gasteiger charge is -2.10. The van der Waals surface area contributed by atoms with Gasteiger partial charge in [0.2, 0.25) is 0 Å². The maximum atomic E-state index is 12.1. The SMILES string of the molecule is COc1ccc(NS(=O)(=O)c2cn[nH]c2C)c(N)c1. The third-order valence-corrected chi connectivity index (χ3v) is 4.06. The number of nitrogens with zero attached hydrogens (tertiary/aromatic N) is 1. The number of ether oxygens (including phenoxy) is 1. The number of nitrogens with one attached hydrogen (secondary N) is 2. The van der Waals surface area contributed by atoms with Gasteiger partial charge in [0.1, 0.15) is 10.6 Å². The minimum absolute atomic E-state index is 0.0859. The molecule has 1 aromatic heterocycles. The van der Waals surface area contributed by atoms with Crippen LogP contribution in [0.5, 0.6) is 5.75 Å². The van der Waals surface area contributed by atoms with Crippen molar-refractivity contribution in [2.24, 2.45) is 0 Å². The Bertz CT molecular complexity index is 694. The van der Waals surface area contributed by atoms with Gasteiger partial charge in [-0.3, -0.25) is 9.82 Å². The molecule has 8 heteroatoms. The number of anilines is 2. The standard InChI is InChI=1S/C11H14N4O3S/c1-7-11(6-13-14-7)19(16,17)15-10-4-3-8(18-2)5-9(10)12/h3-6,15H,12H2,1-2H3,(H,13,14). The molecule has 0 aliphatic rings. The highest BCUT2D eigenvalue weighted by atomic mass is 32.2. The summed E-state index contributed by atoms with van der Waals surface area (Å²) in [5, 5.41) is 6.26. The summed E-state index contributed by atoms with van der Waals surface area (Å²) >= 11 is 0. The van der Waals surface area contributed by atoms with E-state index in [1.54, 1.807) is 25.1 Å². The van der Waals surface area contributed by atoms with E-state index in [0.29, 0.717) is 17.1 Å². The Morgan fingerprint density at radius 2 is 2.16 bits per heavy atom. The van der Waals surface area contributed by atoms with Gasteiger partial charge < -0.3 is 10.5 Å². The molecule has 1 aromatic carbocycles. The second kappa shape index (κ2) is 4.81. The smallest absolute Gasteiger partial charge is 0.265 e. The van der Waals surface area contributed by atoms with Gasteiger partial charge in [-0.2, -0.15) is 5.10 Å². The third kappa shape index (κ3) is 2.63. The van der Waals surface area contributed by atoms with Crippen molar-refractivity contribution in [3.05, 3.63) is 30.1 Å². The molecule has 7 nitrogen and oxygen atoms in total. The van der Waals surface area contributed by atoms with Crippen molar-refractivity contribution in [1.82, 2.24) is 10.2 Å². The number of hydrogen-bond acceptors (Lipinski definition) is 5. The number of aromatic nitrogens is 2. The molecule has 0 aliphatic heterocycles. The Kier molecular flexibility index (Phi) is 3.34. The molecule has 0 spiro atoms. The van der Waals surface area contributed by atoms with E-state index in [1.165, 1.54) is 13.3 Å². The summed E-state index contributed by atoms with van der Waals surface area (Å²) in [5.74, 6) is 0.555. The molecule has 1 heterocycles. The van der Waals surface area contributed by atoms with Crippen molar-refractivity contribution < 1.29 is 13.2 Å². The number of H-pyrrole nitrogens is 1. The Hall–Kier alpha value is -2.22. The first-order valence-electron chi connectivity index (χ1n) is 5.40. The van der Waals surface area contributed by atoms with Crippen LogP contribution in [0.4, 0.5) is 11.4 Å². The highest BCUT2D eigenvalue weighted by molar-refractivity contribution is 7.92. The van der Waals surface area contributed by atoms with Crippen LogP contribution in [0.15, 0.2) is 29.3 Å². The number of nitrogen functional groups attached to an aromatic ring is 1. The van der Waals surface area contributed by atoms with Gasteiger partial charge >= 0.3 is 0 Å². The maximum Gasteiger partial charge on any atom is 0.265 e. The zero-order valence-electron chi connectivity index (χ0n) is 10.5. The van der Waals surface area contributed by atoms with E-state index >= 15 is 0 Å². The van der Waals surface area contributed by atoms with E-state index < -0.39 is 10.0 Å². The van der Waals surface area contributed by atoms with E-state index in [9.17, 15) is 8.42 Å². The van der Waals surface area contributed by atoms with Crippen LogP contribution >= 0.6 is 0 Å². The van der Waals surface area contributed by atoms with Crippen molar-refractivity contribution in [1.29, 1.82) is 0 Å². The van der Waals surface area contributed by atoms with Gasteiger partial charge in [-0.25, -0.2) is 8.42 Å². The van der Waals surface area contributed by atoms with Gasteiger partial charge in [-0.05, 0) is 19.1 Å². The Labute approximate surface area is 110 Å². The van der Waals surface area contributed by atoms with Gasteiger partial charge in [-0.1, -0.05) is 0 Å². The van der Waals surface area contributed by atoms with Gasteiger partial charge in [0.05, 0.1) is 30.4 Å². The summed E-state index contributed by atoms with van der Waals surface area (Å²) in [6.45, 7) is 1.62. The van der Waals surface area contributed by atoms with Gasteiger partial charge in [0, 0.05) is 6.07 Å². The molecule has 19 heavy (non-hydrogen) atoms. The van der Waals surface area contributed by atoms with Crippen LogP contribution in [0.1, 0.15) is 5.69 Å². The molecule has 0 saturated heterocycles. The van der Waals surface area contributed by atoms with Crippen LogP contribution in [0.2, 0.25) is 0 Å². The second-order valence-electron chi connectivity index (χ2n) is 3.92. The topological polar surface area (TPSA) is 110 Å². The summed E-state index contributed by atoms with van der Waals surface area (Å²) in [5.41, 5.74) is 6.80. The van der Waals surface area contributed by atoms with Crippen molar-refractivity contribution in [3.8, 4) is 5.75 Å². The lowest BCUT2D eigenvalue weighted by atomic mass is 10.2. The maximum absolute atomic E-state index is 12.1. The predicted octanol–water partition coefficient (Wildman–Crippen LogP) is 1.11. The summed E-state index contributed by atoms with van der Waals surface area (Å²) < 4.78 is 31.7. The van der Waals surface area contributed by atoms with E-state index in [4.69, 9.17) is 10.5 Å². The van der Waals surface area contributed by atoms with Crippen LogP contribution in [0.25, 0.3) is 0 Å².